The third-order valence-corrected chi connectivity index (χ3v) is 8.60. The van der Waals surface area contributed by atoms with Crippen molar-refractivity contribution >= 4 is 46.7 Å². The normalized spacial score (nSPS) is 20.6. The Balaban J connectivity index is 1.23. The zero-order chi connectivity index (χ0) is 27.4. The molecule has 1 aliphatic carbocycles. The molecule has 3 aliphatic rings. The summed E-state index contributed by atoms with van der Waals surface area (Å²) in [7, 11) is 0. The molecule has 39 heavy (non-hydrogen) atoms. The number of hydrogen-bond acceptors (Lipinski definition) is 5. The molecule has 0 fully saturated rings. The van der Waals surface area contributed by atoms with Crippen LogP contribution in [0.15, 0.2) is 65.8 Å². The van der Waals surface area contributed by atoms with Crippen LogP contribution in [0.4, 0.5) is 11.5 Å². The fourth-order valence-corrected chi connectivity index (χ4v) is 6.27. The van der Waals surface area contributed by atoms with Crippen molar-refractivity contribution in [2.45, 2.75) is 50.5 Å². The van der Waals surface area contributed by atoms with Crippen LogP contribution in [-0.4, -0.2) is 45.5 Å². The Kier molecular flexibility index (Phi) is 6.03. The highest BCUT2D eigenvalue weighted by atomic mass is 35.5. The first-order valence-corrected chi connectivity index (χ1v) is 13.5. The molecular weight excluding hydrogens is 514 g/mol. The van der Waals surface area contributed by atoms with Gasteiger partial charge in [-0.05, 0) is 67.1 Å². The average molecular weight is 542 g/mol. The molecule has 0 bridgehead atoms. The van der Waals surface area contributed by atoms with Crippen molar-refractivity contribution in [2.24, 2.45) is 4.99 Å². The summed E-state index contributed by atoms with van der Waals surface area (Å²) in [6, 6.07) is 16.7. The molecule has 3 amide bonds. The Labute approximate surface area is 231 Å². The molecule has 3 aromatic rings. The summed E-state index contributed by atoms with van der Waals surface area (Å²) in [5.74, 6) is 0.442. The predicted molar refractivity (Wildman–Crippen MR) is 150 cm³/mol. The van der Waals surface area contributed by atoms with Crippen LogP contribution in [0.1, 0.15) is 48.9 Å². The summed E-state index contributed by atoms with van der Waals surface area (Å²) < 4.78 is 0. The zero-order valence-electron chi connectivity index (χ0n) is 21.8. The van der Waals surface area contributed by atoms with Gasteiger partial charge in [0.1, 0.15) is 23.7 Å². The second-order valence-electron chi connectivity index (χ2n) is 10.4. The van der Waals surface area contributed by atoms with E-state index in [1.807, 2.05) is 62.4 Å². The monoisotopic (exact) mass is 541 g/mol. The minimum Gasteiger partial charge on any atom is -0.325 e. The Bertz CT molecular complexity index is 1560. The number of nitrogens with zero attached hydrogens (tertiary/aromatic N) is 3. The van der Waals surface area contributed by atoms with Gasteiger partial charge < -0.3 is 10.6 Å². The van der Waals surface area contributed by atoms with E-state index in [1.165, 1.54) is 4.90 Å². The molecule has 0 radical (unpaired) electrons. The Morgan fingerprint density at radius 1 is 1.05 bits per heavy atom. The van der Waals surface area contributed by atoms with E-state index in [0.29, 0.717) is 53.6 Å². The first-order chi connectivity index (χ1) is 18.8. The fourth-order valence-electron chi connectivity index (χ4n) is 6.05. The van der Waals surface area contributed by atoms with Gasteiger partial charge in [0, 0.05) is 23.0 Å². The van der Waals surface area contributed by atoms with Crippen LogP contribution < -0.4 is 10.6 Å². The van der Waals surface area contributed by atoms with Gasteiger partial charge in [0.25, 0.3) is 5.91 Å². The molecule has 0 saturated carbocycles. The first-order valence-electron chi connectivity index (χ1n) is 13.2. The van der Waals surface area contributed by atoms with Crippen molar-refractivity contribution < 1.29 is 14.4 Å². The fraction of sp³-hybridized carbons (Fsp3) is 0.300. The van der Waals surface area contributed by atoms with Gasteiger partial charge in [0.05, 0.1) is 10.4 Å². The summed E-state index contributed by atoms with van der Waals surface area (Å²) in [5.41, 5.74) is 2.62. The highest BCUT2D eigenvalue weighted by Crippen LogP contribution is 2.47. The number of nitrogens with one attached hydrogen (secondary N) is 2. The molecule has 6 rings (SSSR count). The number of aromatic nitrogens is 1. The van der Waals surface area contributed by atoms with Gasteiger partial charge >= 0.3 is 0 Å². The van der Waals surface area contributed by atoms with Gasteiger partial charge in [-0.1, -0.05) is 49.7 Å². The van der Waals surface area contributed by atoms with Gasteiger partial charge in [-0.3, -0.25) is 24.3 Å². The maximum absolute atomic E-state index is 13.5. The van der Waals surface area contributed by atoms with Gasteiger partial charge in [-0.2, -0.15) is 0 Å². The predicted octanol–water partition coefficient (Wildman–Crippen LogP) is 4.51. The second kappa shape index (κ2) is 9.31. The van der Waals surface area contributed by atoms with Gasteiger partial charge in [-0.25, -0.2) is 4.98 Å². The largest absolute Gasteiger partial charge is 0.325 e. The zero-order valence-corrected chi connectivity index (χ0v) is 22.5. The molecule has 2 aromatic carbocycles. The highest BCUT2D eigenvalue weighted by Gasteiger charge is 2.51. The molecule has 1 atom stereocenters. The summed E-state index contributed by atoms with van der Waals surface area (Å²) in [5, 5.41) is 6.33. The summed E-state index contributed by atoms with van der Waals surface area (Å²) >= 11 is 6.46. The number of fused-ring (bicyclic) bond motifs is 3. The number of benzene rings is 2. The SMILES string of the molecule is CCC1(CC)N=C(c2ccccc2Cl)N(CC(=O)Nc2ccc3c(c2)C[C@@]2(C3)C(=O)Nc3ncccc32)C1=O. The topological polar surface area (TPSA) is 104 Å². The molecule has 1 aromatic heterocycles. The number of carbonyl (C=O) groups is 3. The maximum atomic E-state index is 13.5. The van der Waals surface area contributed by atoms with Crippen molar-refractivity contribution in [1.82, 2.24) is 9.88 Å². The number of amides is 3. The van der Waals surface area contributed by atoms with E-state index >= 15 is 0 Å². The average Bonchev–Trinajstić information content (AvgIpc) is 3.54. The van der Waals surface area contributed by atoms with E-state index in [9.17, 15) is 14.4 Å². The van der Waals surface area contributed by atoms with Crippen LogP contribution in [0.3, 0.4) is 0 Å². The van der Waals surface area contributed by atoms with Gasteiger partial charge in [0.2, 0.25) is 11.8 Å². The number of amidine groups is 1. The van der Waals surface area contributed by atoms with E-state index in [1.54, 1.807) is 12.3 Å². The molecule has 2 aliphatic heterocycles. The van der Waals surface area contributed by atoms with Crippen LogP contribution in [0, 0.1) is 0 Å². The molecule has 8 nitrogen and oxygen atoms in total. The summed E-state index contributed by atoms with van der Waals surface area (Å²) in [6.45, 7) is 3.66. The lowest BCUT2D eigenvalue weighted by molar-refractivity contribution is -0.134. The third kappa shape index (κ3) is 3.93. The number of rotatable bonds is 6. The van der Waals surface area contributed by atoms with Crippen molar-refractivity contribution in [3.63, 3.8) is 0 Å². The number of pyridine rings is 1. The highest BCUT2D eigenvalue weighted by molar-refractivity contribution is 6.35. The lowest BCUT2D eigenvalue weighted by Crippen LogP contribution is -2.45. The smallest absolute Gasteiger partial charge is 0.256 e. The standard InChI is InChI=1S/C30H28ClN5O3/c1-3-30(4-2)28(39)36(26(35-30)21-8-5-6-10-23(21)31)17-24(37)33-20-12-11-18-15-29(16-19(18)14-20)22-9-7-13-32-25(22)34-27(29)38/h5-14H,3-4,15-17H2,1-2H3,(H,33,37)(H,32,34,38)/t29-/m1/s1. The molecule has 0 unspecified atom stereocenters. The Morgan fingerprint density at radius 2 is 1.82 bits per heavy atom. The minimum atomic E-state index is -0.913. The number of aliphatic imine (C=N–C) groups is 1. The number of hydrogen-bond donors (Lipinski definition) is 2. The van der Waals surface area contributed by atoms with E-state index < -0.39 is 11.0 Å². The third-order valence-electron chi connectivity index (χ3n) is 8.27. The molecular formula is C30H28ClN5O3. The molecule has 2 N–H and O–H groups in total. The lowest BCUT2D eigenvalue weighted by atomic mass is 9.79. The van der Waals surface area contributed by atoms with E-state index in [0.717, 1.165) is 16.7 Å². The van der Waals surface area contributed by atoms with E-state index in [-0.39, 0.29) is 24.3 Å². The van der Waals surface area contributed by atoms with E-state index in [4.69, 9.17) is 16.6 Å². The van der Waals surface area contributed by atoms with Crippen molar-refractivity contribution in [2.75, 3.05) is 17.2 Å². The van der Waals surface area contributed by atoms with Crippen molar-refractivity contribution in [3.8, 4) is 0 Å². The quantitative estimate of drug-likeness (QED) is 0.479. The minimum absolute atomic E-state index is 0.0488. The Hall–Kier alpha value is -4.04. The number of halogens is 1. The number of anilines is 2. The molecule has 9 heteroatoms. The van der Waals surface area contributed by atoms with Crippen molar-refractivity contribution in [1.29, 1.82) is 0 Å². The Morgan fingerprint density at radius 3 is 2.59 bits per heavy atom. The van der Waals surface area contributed by atoms with Crippen LogP contribution in [0.5, 0.6) is 0 Å². The van der Waals surface area contributed by atoms with Crippen molar-refractivity contribution in [3.05, 3.63) is 88.1 Å². The summed E-state index contributed by atoms with van der Waals surface area (Å²) in [6.07, 6.45) is 3.82. The lowest BCUT2D eigenvalue weighted by Gasteiger charge is -2.24. The maximum Gasteiger partial charge on any atom is 0.256 e. The molecule has 198 valence electrons. The number of carbonyl (C=O) groups excluding carboxylic acids is 3. The van der Waals surface area contributed by atoms with Gasteiger partial charge in [-0.15, -0.1) is 0 Å². The molecule has 0 saturated heterocycles. The van der Waals surface area contributed by atoms with Crippen LogP contribution in [-0.2, 0) is 32.6 Å². The molecule has 1 spiro atoms. The van der Waals surface area contributed by atoms with Crippen LogP contribution >= 0.6 is 11.6 Å². The van der Waals surface area contributed by atoms with Crippen LogP contribution in [0.25, 0.3) is 0 Å². The first kappa shape index (κ1) is 25.2. The van der Waals surface area contributed by atoms with Gasteiger partial charge in [0.15, 0.2) is 0 Å². The van der Waals surface area contributed by atoms with E-state index in [2.05, 4.69) is 15.6 Å². The molecule has 3 heterocycles. The summed E-state index contributed by atoms with van der Waals surface area (Å²) in [4.78, 5) is 50.4. The second-order valence-corrected chi connectivity index (χ2v) is 10.8. The van der Waals surface area contributed by atoms with Crippen LogP contribution in [0.2, 0.25) is 5.02 Å².